The number of rotatable bonds is 6. The molecule has 0 amide bonds. The van der Waals surface area contributed by atoms with Gasteiger partial charge in [0.2, 0.25) is 0 Å². The molecule has 3 nitrogen and oxygen atoms in total. The summed E-state index contributed by atoms with van der Waals surface area (Å²) in [7, 11) is 0. The molecule has 0 aliphatic rings. The summed E-state index contributed by atoms with van der Waals surface area (Å²) in [6.45, 7) is 11.9. The van der Waals surface area contributed by atoms with Crippen LogP contribution >= 0.6 is 11.3 Å². The van der Waals surface area contributed by atoms with Crippen LogP contribution in [0.1, 0.15) is 58.6 Å². The molecule has 0 atom stereocenters. The van der Waals surface area contributed by atoms with Crippen molar-refractivity contribution < 1.29 is 30.0 Å². The number of aliphatic hydroxyl groups excluding tert-OH is 1. The van der Waals surface area contributed by atoms with Crippen LogP contribution in [0.15, 0.2) is 84.8 Å². The summed E-state index contributed by atoms with van der Waals surface area (Å²) in [6.07, 6.45) is 4.20. The molecular formula is C35H36IrNO2S-. The maximum atomic E-state index is 10.0. The van der Waals surface area contributed by atoms with E-state index in [9.17, 15) is 4.79 Å². The number of aliphatic hydroxyl groups is 1. The average molecular weight is 727 g/mol. The van der Waals surface area contributed by atoms with Crippen LogP contribution in [-0.2, 0) is 31.3 Å². The summed E-state index contributed by atoms with van der Waals surface area (Å²) >= 11 is 1.82. The summed E-state index contributed by atoms with van der Waals surface area (Å²) in [4.78, 5) is 16.1. The maximum absolute atomic E-state index is 10.0. The Balaban J connectivity index is 0.000000492. The maximum Gasteiger partial charge on any atom is 0.155 e. The third-order valence-corrected chi connectivity index (χ3v) is 7.51. The van der Waals surface area contributed by atoms with Gasteiger partial charge in [-0.2, -0.15) is 11.3 Å². The molecule has 2 aromatic heterocycles. The molecule has 1 N–H and O–H groups in total. The quantitative estimate of drug-likeness (QED) is 0.108. The van der Waals surface area contributed by atoms with Gasteiger partial charge in [-0.25, -0.2) is 0 Å². The Morgan fingerprint density at radius 3 is 2.30 bits per heavy atom. The molecule has 0 aliphatic carbocycles. The predicted octanol–water partition coefficient (Wildman–Crippen LogP) is 9.94. The van der Waals surface area contributed by atoms with Crippen LogP contribution in [-0.4, -0.2) is 15.9 Å². The van der Waals surface area contributed by atoms with Gasteiger partial charge in [-0.3, -0.25) is 4.79 Å². The molecule has 40 heavy (non-hydrogen) atoms. The van der Waals surface area contributed by atoms with Gasteiger partial charge in [0.25, 0.3) is 0 Å². The largest absolute Gasteiger partial charge is 0.512 e. The van der Waals surface area contributed by atoms with Crippen molar-refractivity contribution in [2.24, 2.45) is 5.92 Å². The zero-order chi connectivity index (χ0) is 28.1. The molecular weight excluding hydrogens is 691 g/mol. The monoisotopic (exact) mass is 727 g/mol. The number of hydrogen-bond acceptors (Lipinski definition) is 4. The van der Waals surface area contributed by atoms with Crippen molar-refractivity contribution in [3.05, 3.63) is 102 Å². The van der Waals surface area contributed by atoms with Crippen molar-refractivity contribution in [3.8, 4) is 21.7 Å². The van der Waals surface area contributed by atoms with Gasteiger partial charge in [-0.05, 0) is 70.5 Å². The number of aromatic nitrogens is 1. The first-order chi connectivity index (χ1) is 18.6. The van der Waals surface area contributed by atoms with Crippen molar-refractivity contribution in [1.29, 1.82) is 0 Å². The Hall–Kier alpha value is -3.11. The topological polar surface area (TPSA) is 50.2 Å². The number of pyridine rings is 1. The summed E-state index contributed by atoms with van der Waals surface area (Å²) in [5.74, 6) is 1.01. The minimum absolute atomic E-state index is 0. The molecule has 3 aromatic carbocycles. The van der Waals surface area contributed by atoms with Gasteiger partial charge in [0.15, 0.2) is 5.78 Å². The second kappa shape index (κ2) is 14.0. The Kier molecular flexibility index (Phi) is 11.0. The van der Waals surface area contributed by atoms with E-state index in [-0.39, 0.29) is 31.6 Å². The number of fused-ring (bicyclic) bond motifs is 2. The first-order valence-electron chi connectivity index (χ1n) is 13.4. The van der Waals surface area contributed by atoms with Crippen molar-refractivity contribution in [2.75, 3.05) is 0 Å². The van der Waals surface area contributed by atoms with Gasteiger partial charge in [-0.1, -0.05) is 87.7 Å². The van der Waals surface area contributed by atoms with Crippen LogP contribution in [0.3, 0.4) is 0 Å². The van der Waals surface area contributed by atoms with Crippen LogP contribution in [0.5, 0.6) is 0 Å². The van der Waals surface area contributed by atoms with Gasteiger partial charge in [-0.15, -0.1) is 23.3 Å². The average Bonchev–Trinajstić information content (AvgIpc) is 3.31. The zero-order valence-corrected chi connectivity index (χ0v) is 27.1. The first kappa shape index (κ1) is 31.4. The molecule has 0 bridgehead atoms. The number of ketones is 1. The van der Waals surface area contributed by atoms with E-state index >= 15 is 0 Å². The van der Waals surface area contributed by atoms with Crippen LogP contribution in [0.2, 0.25) is 0 Å². The molecule has 0 aliphatic heterocycles. The number of benzene rings is 3. The van der Waals surface area contributed by atoms with Crippen molar-refractivity contribution in [2.45, 2.75) is 53.9 Å². The number of hydrogen-bond donors (Lipinski definition) is 1. The third-order valence-electron chi connectivity index (χ3n) is 6.41. The van der Waals surface area contributed by atoms with E-state index in [0.29, 0.717) is 11.8 Å². The molecule has 1 radical (unpaired) electrons. The van der Waals surface area contributed by atoms with Gasteiger partial charge < -0.3 is 10.1 Å². The summed E-state index contributed by atoms with van der Waals surface area (Å²) in [5.41, 5.74) is 6.13. The summed E-state index contributed by atoms with van der Waals surface area (Å²) < 4.78 is 1.21. The van der Waals surface area contributed by atoms with Crippen LogP contribution in [0.25, 0.3) is 42.6 Å². The number of nitrogens with zero attached hydrogens (tertiary/aromatic N) is 1. The van der Waals surface area contributed by atoms with E-state index in [1.807, 2.05) is 17.5 Å². The van der Waals surface area contributed by atoms with Gasteiger partial charge in [0.1, 0.15) is 0 Å². The van der Waals surface area contributed by atoms with Crippen LogP contribution in [0, 0.1) is 12.0 Å². The molecule has 0 fully saturated rings. The number of carbonyl (C=O) groups is 1. The SMILES string of the molecule is CC(=O)/C=C(/C)O.CC(C)Cc1ccc2c(-c3[c-]c4sc(-c5ccccc5)cc4c(C(C)C)c3)nccc2c1.[Ir]. The smallest absolute Gasteiger partial charge is 0.155 e. The number of carbonyl (C=O) groups excluding carboxylic acids is 1. The molecule has 0 unspecified atom stereocenters. The number of thiophene rings is 1. The fourth-order valence-electron chi connectivity index (χ4n) is 4.77. The molecule has 5 rings (SSSR count). The predicted molar refractivity (Wildman–Crippen MR) is 167 cm³/mol. The van der Waals surface area contributed by atoms with Crippen molar-refractivity contribution in [1.82, 2.24) is 4.98 Å². The second-order valence-electron chi connectivity index (χ2n) is 10.7. The van der Waals surface area contributed by atoms with Gasteiger partial charge in [0.05, 0.1) is 5.76 Å². The van der Waals surface area contributed by atoms with E-state index in [0.717, 1.165) is 17.7 Å². The minimum atomic E-state index is -0.125. The molecule has 209 valence electrons. The fourth-order valence-corrected chi connectivity index (χ4v) is 5.87. The first-order valence-corrected chi connectivity index (χ1v) is 14.2. The van der Waals surface area contributed by atoms with E-state index in [4.69, 9.17) is 10.1 Å². The van der Waals surface area contributed by atoms with Crippen molar-refractivity contribution >= 4 is 38.0 Å². The third kappa shape index (κ3) is 7.75. The van der Waals surface area contributed by atoms with E-state index < -0.39 is 0 Å². The standard InChI is InChI=1S/C30H28NS.C5H8O2.Ir/c1-19(2)14-21-10-11-25-23(15-21)12-13-31-30(25)24-16-26(20(3)4)27-18-28(32-29(27)17-24)22-8-6-5-7-9-22;1-4(6)3-5(2)7;/h5-13,15-16,18-20H,14H2,1-4H3;3,6H,1-2H3;/q-1;;/b;4-3-;. The molecule has 5 heteroatoms. The molecule has 0 saturated heterocycles. The Labute approximate surface area is 255 Å². The Morgan fingerprint density at radius 2 is 1.70 bits per heavy atom. The number of allylic oxidation sites excluding steroid dienone is 2. The Morgan fingerprint density at radius 1 is 0.975 bits per heavy atom. The Bertz CT molecular complexity index is 1630. The van der Waals surface area contributed by atoms with Crippen molar-refractivity contribution in [3.63, 3.8) is 0 Å². The van der Waals surface area contributed by atoms with Gasteiger partial charge in [0, 0.05) is 37.3 Å². The van der Waals surface area contributed by atoms with E-state index in [2.05, 4.69) is 100 Å². The molecule has 5 aromatic rings. The van der Waals surface area contributed by atoms with Crippen LogP contribution in [0.4, 0.5) is 0 Å². The molecule has 0 saturated carbocycles. The van der Waals surface area contributed by atoms with E-state index in [1.54, 1.807) is 0 Å². The second-order valence-corrected chi connectivity index (χ2v) is 11.8. The molecule has 2 heterocycles. The van der Waals surface area contributed by atoms with E-state index in [1.165, 1.54) is 62.3 Å². The normalized spacial score (nSPS) is 11.4. The minimum Gasteiger partial charge on any atom is -0.512 e. The van der Waals surface area contributed by atoms with Gasteiger partial charge >= 0.3 is 0 Å². The summed E-state index contributed by atoms with van der Waals surface area (Å²) in [6, 6.07) is 27.9. The zero-order valence-electron chi connectivity index (χ0n) is 23.9. The summed E-state index contributed by atoms with van der Waals surface area (Å²) in [5, 5.41) is 12.1. The van der Waals surface area contributed by atoms with Crippen LogP contribution < -0.4 is 0 Å². The fraction of sp³-hybridized carbons (Fsp3) is 0.257. The molecule has 0 spiro atoms.